The second-order valence-corrected chi connectivity index (χ2v) is 10.5. The monoisotopic (exact) mass is 640 g/mol. The molecule has 0 aliphatic carbocycles. The minimum atomic E-state index is -0.848. The molecule has 0 saturated heterocycles. The van der Waals surface area contributed by atoms with E-state index in [-0.39, 0.29) is 17.7 Å². The Morgan fingerprint density at radius 3 is 2.53 bits per heavy atom. The van der Waals surface area contributed by atoms with Gasteiger partial charge in [0.1, 0.15) is 11.6 Å². The van der Waals surface area contributed by atoms with Crippen molar-refractivity contribution in [3.05, 3.63) is 124 Å². The van der Waals surface area contributed by atoms with Gasteiger partial charge in [0, 0.05) is 5.56 Å². The fraction of sp³-hybridized carbons (Fsp3) is 0.138. The van der Waals surface area contributed by atoms with Crippen LogP contribution in [0.15, 0.2) is 88.2 Å². The molecule has 0 amide bonds. The topological polar surface area (TPSA) is 69.9 Å². The predicted octanol–water partition coefficient (Wildman–Crippen LogP) is 4.69. The highest BCUT2D eigenvalue weighted by Gasteiger charge is 2.35. The number of hydrogen-bond acceptors (Lipinski definition) is 6. The minimum Gasteiger partial charge on any atom is -0.496 e. The fourth-order valence-corrected chi connectivity index (χ4v) is 6.09. The summed E-state index contributed by atoms with van der Waals surface area (Å²) < 4.78 is 27.5. The van der Waals surface area contributed by atoms with Crippen molar-refractivity contribution in [2.24, 2.45) is 4.99 Å². The van der Waals surface area contributed by atoms with Crippen LogP contribution in [-0.2, 0) is 9.53 Å². The maximum Gasteiger partial charge on any atom is 0.338 e. The summed E-state index contributed by atoms with van der Waals surface area (Å²) in [5, 5.41) is 0. The molecule has 38 heavy (non-hydrogen) atoms. The van der Waals surface area contributed by atoms with E-state index in [2.05, 4.69) is 22.6 Å². The molecule has 1 aliphatic rings. The summed E-state index contributed by atoms with van der Waals surface area (Å²) in [5.74, 6) is -0.254. The number of methoxy groups -OCH3 is 1. The first-order chi connectivity index (χ1) is 18.4. The molecule has 0 fully saturated rings. The van der Waals surface area contributed by atoms with Gasteiger partial charge in [0.2, 0.25) is 0 Å². The van der Waals surface area contributed by atoms with Crippen LogP contribution >= 0.6 is 33.9 Å². The van der Waals surface area contributed by atoms with Crippen molar-refractivity contribution in [2.75, 3.05) is 13.7 Å². The van der Waals surface area contributed by atoms with Crippen LogP contribution in [-0.4, -0.2) is 24.3 Å². The normalized spacial score (nSPS) is 15.2. The zero-order chi connectivity index (χ0) is 26.8. The molecule has 1 aliphatic heterocycles. The van der Waals surface area contributed by atoms with E-state index in [1.165, 1.54) is 28.0 Å². The standard InChI is InChI=1S/C29H22FIN2O4S/c1-3-37-28(35)24-25(18-7-5-4-6-8-18)32-29-33(26(24)19-10-12-20(30)13-11-19)27(34)23(38-29)16-17-9-14-22(36-2)21(31)15-17/h4-16,26H,3H2,1-2H3/b23-16+/t26-/m0/s1. The van der Waals surface area contributed by atoms with Gasteiger partial charge in [0.05, 0.1) is 39.1 Å². The summed E-state index contributed by atoms with van der Waals surface area (Å²) in [6.45, 7) is 1.88. The number of hydrogen-bond donors (Lipinski definition) is 0. The summed E-state index contributed by atoms with van der Waals surface area (Å²) >= 11 is 3.42. The molecule has 0 unspecified atom stereocenters. The molecule has 0 spiro atoms. The Hall–Kier alpha value is -3.57. The number of fused-ring (bicyclic) bond motifs is 1. The summed E-state index contributed by atoms with van der Waals surface area (Å²) in [7, 11) is 1.61. The Bertz CT molecular complexity index is 1730. The van der Waals surface area contributed by atoms with Gasteiger partial charge in [-0.05, 0) is 71.0 Å². The smallest absolute Gasteiger partial charge is 0.338 e. The third-order valence-electron chi connectivity index (χ3n) is 6.03. The predicted molar refractivity (Wildman–Crippen MR) is 153 cm³/mol. The molecular formula is C29H22FIN2O4S. The first-order valence-electron chi connectivity index (χ1n) is 11.8. The number of carbonyl (C=O) groups is 1. The lowest BCUT2D eigenvalue weighted by molar-refractivity contribution is -0.138. The van der Waals surface area contributed by atoms with E-state index in [4.69, 9.17) is 14.5 Å². The van der Waals surface area contributed by atoms with E-state index in [0.717, 1.165) is 14.9 Å². The highest BCUT2D eigenvalue weighted by Crippen LogP contribution is 2.35. The molecule has 0 saturated carbocycles. The Labute approximate surface area is 235 Å². The van der Waals surface area contributed by atoms with Gasteiger partial charge in [0.25, 0.3) is 5.56 Å². The molecular weight excluding hydrogens is 618 g/mol. The van der Waals surface area contributed by atoms with E-state index in [9.17, 15) is 14.0 Å². The van der Waals surface area contributed by atoms with Crippen LogP contribution in [0.25, 0.3) is 11.8 Å². The molecule has 1 atom stereocenters. The summed E-state index contributed by atoms with van der Waals surface area (Å²) in [6.07, 6.45) is 1.80. The van der Waals surface area contributed by atoms with Gasteiger partial charge in [0.15, 0.2) is 4.80 Å². The molecule has 6 nitrogen and oxygen atoms in total. The summed E-state index contributed by atoms with van der Waals surface area (Å²) in [4.78, 5) is 32.5. The SMILES string of the molecule is CCOC(=O)C1=C(c2ccccc2)N=c2s/c(=C/c3ccc(OC)c(I)c3)c(=O)n2[C@H]1c1ccc(F)cc1. The van der Waals surface area contributed by atoms with Crippen LogP contribution in [0.3, 0.4) is 0 Å². The third-order valence-corrected chi connectivity index (χ3v) is 7.86. The second-order valence-electron chi connectivity index (χ2n) is 8.38. The first-order valence-corrected chi connectivity index (χ1v) is 13.7. The largest absolute Gasteiger partial charge is 0.496 e. The number of esters is 1. The van der Waals surface area contributed by atoms with Crippen molar-refractivity contribution in [1.82, 2.24) is 4.57 Å². The number of carbonyl (C=O) groups excluding carboxylic acids is 1. The highest BCUT2D eigenvalue weighted by atomic mass is 127. The molecule has 1 aromatic heterocycles. The van der Waals surface area contributed by atoms with Gasteiger partial charge in [-0.25, -0.2) is 14.2 Å². The molecule has 2 heterocycles. The van der Waals surface area contributed by atoms with Gasteiger partial charge in [-0.3, -0.25) is 9.36 Å². The number of benzene rings is 3. The van der Waals surface area contributed by atoms with Crippen molar-refractivity contribution in [3.63, 3.8) is 0 Å². The Morgan fingerprint density at radius 2 is 1.87 bits per heavy atom. The maximum absolute atomic E-state index is 13.9. The van der Waals surface area contributed by atoms with Gasteiger partial charge in [-0.15, -0.1) is 0 Å². The van der Waals surface area contributed by atoms with E-state index in [0.29, 0.717) is 26.2 Å². The third kappa shape index (κ3) is 4.95. The molecule has 5 rings (SSSR count). The van der Waals surface area contributed by atoms with E-state index < -0.39 is 17.8 Å². The molecule has 4 aromatic rings. The lowest BCUT2D eigenvalue weighted by atomic mass is 9.93. The Balaban J connectivity index is 1.80. The fourth-order valence-electron chi connectivity index (χ4n) is 4.32. The number of rotatable bonds is 6. The lowest BCUT2D eigenvalue weighted by Crippen LogP contribution is -2.40. The van der Waals surface area contributed by atoms with Crippen LogP contribution in [0.1, 0.15) is 29.7 Å². The summed E-state index contributed by atoms with van der Waals surface area (Å²) in [5.41, 5.74) is 2.46. The molecule has 0 bridgehead atoms. The highest BCUT2D eigenvalue weighted by molar-refractivity contribution is 14.1. The van der Waals surface area contributed by atoms with Crippen molar-refractivity contribution >= 4 is 51.7 Å². The number of ether oxygens (including phenoxy) is 2. The maximum atomic E-state index is 13.9. The van der Waals surface area contributed by atoms with Crippen molar-refractivity contribution in [3.8, 4) is 5.75 Å². The van der Waals surface area contributed by atoms with Gasteiger partial charge >= 0.3 is 5.97 Å². The number of halogens is 2. The van der Waals surface area contributed by atoms with Crippen molar-refractivity contribution < 1.29 is 18.7 Å². The van der Waals surface area contributed by atoms with Crippen LogP contribution < -0.4 is 19.6 Å². The van der Waals surface area contributed by atoms with Crippen molar-refractivity contribution in [1.29, 1.82) is 0 Å². The second kappa shape index (κ2) is 11.0. The number of thiazole rings is 1. The van der Waals surface area contributed by atoms with E-state index in [1.807, 2.05) is 48.5 Å². The first kappa shape index (κ1) is 26.1. The quantitative estimate of drug-likeness (QED) is 0.227. The van der Waals surface area contributed by atoms with Crippen LogP contribution in [0.2, 0.25) is 0 Å². The van der Waals surface area contributed by atoms with E-state index in [1.54, 1.807) is 32.2 Å². The Kier molecular flexibility index (Phi) is 7.57. The molecule has 9 heteroatoms. The van der Waals surface area contributed by atoms with Gasteiger partial charge < -0.3 is 9.47 Å². The van der Waals surface area contributed by atoms with Crippen LogP contribution in [0.5, 0.6) is 5.75 Å². The minimum absolute atomic E-state index is 0.154. The average molecular weight is 640 g/mol. The lowest BCUT2D eigenvalue weighted by Gasteiger charge is -2.25. The molecule has 3 aromatic carbocycles. The van der Waals surface area contributed by atoms with Crippen LogP contribution in [0, 0.1) is 9.39 Å². The molecule has 0 radical (unpaired) electrons. The van der Waals surface area contributed by atoms with Gasteiger partial charge in [-0.1, -0.05) is 59.9 Å². The zero-order valence-corrected chi connectivity index (χ0v) is 23.5. The Morgan fingerprint density at radius 1 is 1.13 bits per heavy atom. The number of nitrogens with zero attached hydrogens (tertiary/aromatic N) is 2. The zero-order valence-electron chi connectivity index (χ0n) is 20.5. The molecule has 192 valence electrons. The average Bonchev–Trinajstić information content (AvgIpc) is 3.23. The number of aromatic nitrogens is 1. The molecule has 0 N–H and O–H groups in total. The van der Waals surface area contributed by atoms with Crippen LogP contribution in [0.4, 0.5) is 4.39 Å². The summed E-state index contributed by atoms with van der Waals surface area (Å²) in [6, 6.07) is 19.9. The van der Waals surface area contributed by atoms with Crippen molar-refractivity contribution in [2.45, 2.75) is 13.0 Å². The van der Waals surface area contributed by atoms with Gasteiger partial charge in [-0.2, -0.15) is 0 Å². The van der Waals surface area contributed by atoms with E-state index >= 15 is 0 Å².